The molecule has 0 amide bonds. The SMILES string of the molecule is CNc1ccc(Nc2ccc(C)c3nc4ccccc4nc23)cc1. The van der Waals surface area contributed by atoms with Crippen LogP contribution in [0.25, 0.3) is 22.1 Å². The molecule has 0 saturated heterocycles. The lowest BCUT2D eigenvalue weighted by molar-refractivity contribution is 1.35. The first-order valence-electron chi connectivity index (χ1n) is 7.95. The second kappa shape index (κ2) is 5.81. The molecule has 0 atom stereocenters. The van der Waals surface area contributed by atoms with E-state index in [0.717, 1.165) is 44.7 Å². The van der Waals surface area contributed by atoms with Gasteiger partial charge in [0.15, 0.2) is 0 Å². The lowest BCUT2D eigenvalue weighted by atomic mass is 10.1. The quantitative estimate of drug-likeness (QED) is 0.529. The summed E-state index contributed by atoms with van der Waals surface area (Å²) in [6.07, 6.45) is 0. The molecule has 0 aliphatic heterocycles. The topological polar surface area (TPSA) is 49.8 Å². The molecular formula is C20H18N4. The fraction of sp³-hybridized carbons (Fsp3) is 0.100. The first-order chi connectivity index (χ1) is 11.7. The van der Waals surface area contributed by atoms with Gasteiger partial charge in [-0.05, 0) is 55.0 Å². The number of fused-ring (bicyclic) bond motifs is 2. The molecule has 4 rings (SSSR count). The molecule has 0 saturated carbocycles. The minimum Gasteiger partial charge on any atom is -0.388 e. The van der Waals surface area contributed by atoms with Gasteiger partial charge in [0, 0.05) is 18.4 Å². The average Bonchev–Trinajstić information content (AvgIpc) is 2.63. The summed E-state index contributed by atoms with van der Waals surface area (Å²) in [5.41, 5.74) is 7.85. The van der Waals surface area contributed by atoms with Crippen LogP contribution in [0.1, 0.15) is 5.56 Å². The predicted molar refractivity (Wildman–Crippen MR) is 101 cm³/mol. The van der Waals surface area contributed by atoms with Gasteiger partial charge in [0.05, 0.1) is 22.2 Å². The van der Waals surface area contributed by atoms with Crippen molar-refractivity contribution < 1.29 is 0 Å². The maximum atomic E-state index is 4.83. The van der Waals surface area contributed by atoms with Gasteiger partial charge in [-0.15, -0.1) is 0 Å². The van der Waals surface area contributed by atoms with E-state index in [1.165, 1.54) is 0 Å². The van der Waals surface area contributed by atoms with Crippen LogP contribution in [-0.2, 0) is 0 Å². The van der Waals surface area contributed by atoms with Crippen molar-refractivity contribution in [1.29, 1.82) is 0 Å². The van der Waals surface area contributed by atoms with Crippen LogP contribution in [0, 0.1) is 6.92 Å². The Morgan fingerprint density at radius 1 is 0.708 bits per heavy atom. The Kier molecular flexibility index (Phi) is 3.50. The summed E-state index contributed by atoms with van der Waals surface area (Å²) in [5, 5.41) is 6.58. The van der Waals surface area contributed by atoms with Crippen molar-refractivity contribution in [2.75, 3.05) is 17.7 Å². The van der Waals surface area contributed by atoms with E-state index in [4.69, 9.17) is 9.97 Å². The van der Waals surface area contributed by atoms with Gasteiger partial charge in [0.25, 0.3) is 0 Å². The van der Waals surface area contributed by atoms with Crippen molar-refractivity contribution in [2.45, 2.75) is 6.92 Å². The zero-order valence-corrected chi connectivity index (χ0v) is 13.7. The van der Waals surface area contributed by atoms with Gasteiger partial charge in [0.1, 0.15) is 5.52 Å². The molecule has 1 aromatic heterocycles. The van der Waals surface area contributed by atoms with E-state index in [1.807, 2.05) is 55.6 Å². The van der Waals surface area contributed by atoms with Crippen molar-refractivity contribution in [1.82, 2.24) is 9.97 Å². The molecule has 2 N–H and O–H groups in total. The molecule has 0 bridgehead atoms. The van der Waals surface area contributed by atoms with Crippen molar-refractivity contribution in [3.8, 4) is 0 Å². The predicted octanol–water partition coefficient (Wildman–Crippen LogP) is 4.88. The highest BCUT2D eigenvalue weighted by atomic mass is 14.9. The first-order valence-corrected chi connectivity index (χ1v) is 7.95. The largest absolute Gasteiger partial charge is 0.388 e. The maximum Gasteiger partial charge on any atom is 0.113 e. The third kappa shape index (κ3) is 2.52. The summed E-state index contributed by atoms with van der Waals surface area (Å²) in [7, 11) is 1.91. The van der Waals surface area contributed by atoms with Gasteiger partial charge >= 0.3 is 0 Å². The Morgan fingerprint density at radius 2 is 1.33 bits per heavy atom. The Labute approximate surface area is 140 Å². The standard InChI is InChI=1S/C20H18N4/c1-13-7-12-18(22-15-10-8-14(21-2)9-11-15)20-19(13)23-16-5-3-4-6-17(16)24-20/h3-12,21-22H,1-2H3. The van der Waals surface area contributed by atoms with Crippen LogP contribution in [0.15, 0.2) is 60.7 Å². The fourth-order valence-electron chi connectivity index (χ4n) is 2.81. The fourth-order valence-corrected chi connectivity index (χ4v) is 2.81. The molecule has 4 nitrogen and oxygen atoms in total. The number of rotatable bonds is 3. The zero-order valence-electron chi connectivity index (χ0n) is 13.7. The number of aromatic nitrogens is 2. The van der Waals surface area contributed by atoms with Gasteiger partial charge in [0.2, 0.25) is 0 Å². The van der Waals surface area contributed by atoms with E-state index in [0.29, 0.717) is 0 Å². The number of para-hydroxylation sites is 2. The Balaban J connectivity index is 1.84. The van der Waals surface area contributed by atoms with Gasteiger partial charge in [-0.3, -0.25) is 0 Å². The van der Waals surface area contributed by atoms with Crippen LogP contribution in [0.2, 0.25) is 0 Å². The molecule has 0 radical (unpaired) electrons. The van der Waals surface area contributed by atoms with Crippen molar-refractivity contribution in [3.05, 3.63) is 66.2 Å². The molecule has 0 aliphatic rings. The monoisotopic (exact) mass is 314 g/mol. The summed E-state index contributed by atoms with van der Waals surface area (Å²) in [5.74, 6) is 0. The molecule has 4 heteroatoms. The smallest absolute Gasteiger partial charge is 0.113 e. The number of nitrogens with zero attached hydrogens (tertiary/aromatic N) is 2. The molecule has 3 aromatic carbocycles. The second-order valence-corrected chi connectivity index (χ2v) is 5.79. The van der Waals surface area contributed by atoms with Gasteiger partial charge in [-0.1, -0.05) is 18.2 Å². The molecular weight excluding hydrogens is 296 g/mol. The van der Waals surface area contributed by atoms with E-state index >= 15 is 0 Å². The van der Waals surface area contributed by atoms with Crippen LogP contribution < -0.4 is 10.6 Å². The first kappa shape index (κ1) is 14.5. The minimum absolute atomic E-state index is 0.895. The highest BCUT2D eigenvalue weighted by molar-refractivity contribution is 5.96. The Bertz CT molecular complexity index is 1020. The van der Waals surface area contributed by atoms with Gasteiger partial charge in [-0.25, -0.2) is 9.97 Å². The van der Waals surface area contributed by atoms with Crippen molar-refractivity contribution in [3.63, 3.8) is 0 Å². The van der Waals surface area contributed by atoms with Crippen LogP contribution in [-0.4, -0.2) is 17.0 Å². The number of nitrogens with one attached hydrogen (secondary N) is 2. The van der Waals surface area contributed by atoms with Crippen LogP contribution >= 0.6 is 0 Å². The summed E-state index contributed by atoms with van der Waals surface area (Å²) in [4.78, 5) is 9.63. The number of hydrogen-bond acceptors (Lipinski definition) is 4. The number of anilines is 3. The summed E-state index contributed by atoms with van der Waals surface area (Å²) in [6.45, 7) is 2.07. The van der Waals surface area contributed by atoms with E-state index < -0.39 is 0 Å². The molecule has 24 heavy (non-hydrogen) atoms. The summed E-state index contributed by atoms with van der Waals surface area (Å²) >= 11 is 0. The third-order valence-corrected chi connectivity index (χ3v) is 4.15. The Hall–Kier alpha value is -3.14. The molecule has 0 fully saturated rings. The molecule has 0 unspecified atom stereocenters. The zero-order chi connectivity index (χ0) is 16.5. The van der Waals surface area contributed by atoms with Crippen LogP contribution in [0.5, 0.6) is 0 Å². The van der Waals surface area contributed by atoms with Gasteiger partial charge < -0.3 is 10.6 Å². The number of benzene rings is 3. The lowest BCUT2D eigenvalue weighted by Gasteiger charge is -2.12. The number of hydrogen-bond donors (Lipinski definition) is 2. The normalized spacial score (nSPS) is 10.9. The van der Waals surface area contributed by atoms with Crippen molar-refractivity contribution in [2.24, 2.45) is 0 Å². The van der Waals surface area contributed by atoms with Crippen molar-refractivity contribution >= 4 is 39.1 Å². The molecule has 118 valence electrons. The molecule has 0 spiro atoms. The van der Waals surface area contributed by atoms with Crippen LogP contribution in [0.3, 0.4) is 0 Å². The maximum absolute atomic E-state index is 4.83. The summed E-state index contributed by atoms with van der Waals surface area (Å²) in [6, 6.07) is 20.3. The van der Waals surface area contributed by atoms with E-state index in [9.17, 15) is 0 Å². The average molecular weight is 314 g/mol. The van der Waals surface area contributed by atoms with Crippen LogP contribution in [0.4, 0.5) is 17.1 Å². The lowest BCUT2D eigenvalue weighted by Crippen LogP contribution is -1.97. The molecule has 4 aromatic rings. The summed E-state index contributed by atoms with van der Waals surface area (Å²) < 4.78 is 0. The highest BCUT2D eigenvalue weighted by Gasteiger charge is 2.09. The van der Waals surface area contributed by atoms with Gasteiger partial charge in [-0.2, -0.15) is 0 Å². The molecule has 0 aliphatic carbocycles. The molecule has 1 heterocycles. The van der Waals surface area contributed by atoms with E-state index in [2.05, 4.69) is 29.7 Å². The highest BCUT2D eigenvalue weighted by Crippen LogP contribution is 2.28. The van der Waals surface area contributed by atoms with E-state index in [-0.39, 0.29) is 0 Å². The minimum atomic E-state index is 0.895. The Morgan fingerprint density at radius 3 is 2.00 bits per heavy atom. The second-order valence-electron chi connectivity index (χ2n) is 5.79. The number of aryl methyl sites for hydroxylation is 1. The third-order valence-electron chi connectivity index (χ3n) is 4.15. The van der Waals surface area contributed by atoms with E-state index in [1.54, 1.807) is 0 Å².